The van der Waals surface area contributed by atoms with E-state index in [0.717, 1.165) is 31.8 Å². The first kappa shape index (κ1) is 16.0. The Morgan fingerprint density at radius 1 is 1.09 bits per heavy atom. The van der Waals surface area contributed by atoms with Crippen LogP contribution in [0.25, 0.3) is 0 Å². The number of hydrogen-bond donors (Lipinski definition) is 1. The number of aromatic nitrogens is 2. The van der Waals surface area contributed by atoms with E-state index in [4.69, 9.17) is 0 Å². The van der Waals surface area contributed by atoms with Gasteiger partial charge in [0.25, 0.3) is 0 Å². The topological polar surface area (TPSA) is 44.5 Å². The number of rotatable bonds is 5. The normalized spacial score (nSPS) is 23.7. The molecule has 2 aliphatic heterocycles. The molecule has 124 valence electrons. The summed E-state index contributed by atoms with van der Waals surface area (Å²) in [6, 6.07) is 0. The maximum absolute atomic E-state index is 10.5. The summed E-state index contributed by atoms with van der Waals surface area (Å²) in [5, 5.41) is 10.5. The first-order chi connectivity index (χ1) is 10.7. The van der Waals surface area contributed by atoms with Crippen LogP contribution in [0.3, 0.4) is 0 Å². The molecule has 5 nitrogen and oxygen atoms in total. The molecule has 2 saturated heterocycles. The Morgan fingerprint density at radius 2 is 1.73 bits per heavy atom. The molecular weight excluding hydrogens is 276 g/mol. The van der Waals surface area contributed by atoms with E-state index in [0.29, 0.717) is 5.92 Å². The van der Waals surface area contributed by atoms with E-state index in [2.05, 4.69) is 14.8 Å². The van der Waals surface area contributed by atoms with E-state index < -0.39 is 6.10 Å². The molecule has 5 heteroatoms. The highest BCUT2D eigenvalue weighted by Crippen LogP contribution is 2.29. The SMILES string of the molecule is Cn1ccnc1C(O)C1CCN(CCN2CCCCC2)CC1. The van der Waals surface area contributed by atoms with Gasteiger partial charge >= 0.3 is 0 Å². The quantitative estimate of drug-likeness (QED) is 0.898. The number of aryl methyl sites for hydroxylation is 1. The summed E-state index contributed by atoms with van der Waals surface area (Å²) in [6.07, 6.45) is 9.58. The summed E-state index contributed by atoms with van der Waals surface area (Å²) in [7, 11) is 1.96. The van der Waals surface area contributed by atoms with Gasteiger partial charge in [-0.25, -0.2) is 4.98 Å². The Balaban J connectivity index is 1.41. The smallest absolute Gasteiger partial charge is 0.137 e. The fourth-order valence-corrected chi connectivity index (χ4v) is 3.83. The summed E-state index contributed by atoms with van der Waals surface area (Å²) in [5.74, 6) is 1.17. The number of likely N-dealkylation sites (tertiary alicyclic amines) is 2. The van der Waals surface area contributed by atoms with Crippen LogP contribution in [0.15, 0.2) is 12.4 Å². The fraction of sp³-hybridized carbons (Fsp3) is 0.824. The fourth-order valence-electron chi connectivity index (χ4n) is 3.83. The summed E-state index contributed by atoms with van der Waals surface area (Å²) in [6.45, 7) is 7.19. The summed E-state index contributed by atoms with van der Waals surface area (Å²) in [5.41, 5.74) is 0. The second-order valence-electron chi connectivity index (χ2n) is 6.92. The van der Waals surface area contributed by atoms with Crippen LogP contribution in [0.5, 0.6) is 0 Å². The molecule has 2 aliphatic rings. The molecule has 3 rings (SSSR count). The van der Waals surface area contributed by atoms with Crippen molar-refractivity contribution >= 4 is 0 Å². The van der Waals surface area contributed by atoms with Crippen molar-refractivity contribution in [1.29, 1.82) is 0 Å². The summed E-state index contributed by atoms with van der Waals surface area (Å²) >= 11 is 0. The Hall–Kier alpha value is -0.910. The lowest BCUT2D eigenvalue weighted by molar-refractivity contribution is 0.0478. The van der Waals surface area contributed by atoms with Crippen LogP contribution < -0.4 is 0 Å². The predicted octanol–water partition coefficient (Wildman–Crippen LogP) is 1.65. The largest absolute Gasteiger partial charge is 0.385 e. The molecule has 1 aromatic heterocycles. The Labute approximate surface area is 133 Å². The monoisotopic (exact) mass is 306 g/mol. The van der Waals surface area contributed by atoms with Crippen molar-refractivity contribution in [2.75, 3.05) is 39.3 Å². The van der Waals surface area contributed by atoms with Crippen LogP contribution in [-0.4, -0.2) is 63.7 Å². The lowest BCUT2D eigenvalue weighted by atomic mass is 9.90. The minimum Gasteiger partial charge on any atom is -0.385 e. The van der Waals surface area contributed by atoms with Crippen molar-refractivity contribution in [2.24, 2.45) is 13.0 Å². The average Bonchev–Trinajstić information content (AvgIpc) is 3.00. The number of piperidine rings is 2. The molecule has 0 saturated carbocycles. The van der Waals surface area contributed by atoms with Gasteiger partial charge in [-0.1, -0.05) is 6.42 Å². The van der Waals surface area contributed by atoms with E-state index in [1.165, 1.54) is 45.4 Å². The maximum Gasteiger partial charge on any atom is 0.137 e. The number of aliphatic hydroxyl groups is 1. The third-order valence-electron chi connectivity index (χ3n) is 5.38. The second kappa shape index (κ2) is 7.57. The predicted molar refractivity (Wildman–Crippen MR) is 87.6 cm³/mol. The molecule has 0 aliphatic carbocycles. The molecule has 3 heterocycles. The van der Waals surface area contributed by atoms with Gasteiger partial charge in [0.15, 0.2) is 0 Å². The molecule has 1 N–H and O–H groups in total. The number of nitrogens with zero attached hydrogens (tertiary/aromatic N) is 4. The van der Waals surface area contributed by atoms with Crippen LogP contribution >= 0.6 is 0 Å². The van der Waals surface area contributed by atoms with Gasteiger partial charge in [0.2, 0.25) is 0 Å². The van der Waals surface area contributed by atoms with E-state index >= 15 is 0 Å². The number of imidazole rings is 1. The molecule has 1 atom stereocenters. The maximum atomic E-state index is 10.5. The molecular formula is C17H30N4O. The zero-order valence-electron chi connectivity index (χ0n) is 13.8. The van der Waals surface area contributed by atoms with Crippen LogP contribution in [0.4, 0.5) is 0 Å². The van der Waals surface area contributed by atoms with Gasteiger partial charge in [-0.15, -0.1) is 0 Å². The van der Waals surface area contributed by atoms with Crippen molar-refractivity contribution in [3.05, 3.63) is 18.2 Å². The van der Waals surface area contributed by atoms with E-state index in [1.807, 2.05) is 17.8 Å². The third kappa shape index (κ3) is 3.89. The van der Waals surface area contributed by atoms with Crippen LogP contribution in [0, 0.1) is 5.92 Å². The molecule has 1 unspecified atom stereocenters. The van der Waals surface area contributed by atoms with Gasteiger partial charge in [0.1, 0.15) is 11.9 Å². The van der Waals surface area contributed by atoms with Crippen LogP contribution in [0.1, 0.15) is 44.0 Å². The zero-order chi connectivity index (χ0) is 15.4. The minimum absolute atomic E-state index is 0.354. The molecule has 0 aromatic carbocycles. The van der Waals surface area contributed by atoms with Crippen molar-refractivity contribution < 1.29 is 5.11 Å². The van der Waals surface area contributed by atoms with Gasteiger partial charge in [0, 0.05) is 32.5 Å². The van der Waals surface area contributed by atoms with Crippen LogP contribution in [0.2, 0.25) is 0 Å². The zero-order valence-corrected chi connectivity index (χ0v) is 13.8. The van der Waals surface area contributed by atoms with Crippen molar-refractivity contribution in [1.82, 2.24) is 19.4 Å². The molecule has 0 amide bonds. The van der Waals surface area contributed by atoms with Gasteiger partial charge in [-0.2, -0.15) is 0 Å². The van der Waals surface area contributed by atoms with Crippen molar-refractivity contribution in [3.8, 4) is 0 Å². The molecule has 0 radical (unpaired) electrons. The Kier molecular flexibility index (Phi) is 5.50. The molecule has 22 heavy (non-hydrogen) atoms. The highest BCUT2D eigenvalue weighted by molar-refractivity contribution is 4.98. The van der Waals surface area contributed by atoms with E-state index in [1.54, 1.807) is 6.20 Å². The first-order valence-electron chi connectivity index (χ1n) is 8.84. The van der Waals surface area contributed by atoms with Gasteiger partial charge in [-0.3, -0.25) is 0 Å². The van der Waals surface area contributed by atoms with E-state index in [-0.39, 0.29) is 0 Å². The minimum atomic E-state index is -0.413. The standard InChI is InChI=1S/C17H30N4O/c1-19-12-7-18-17(19)16(22)15-5-10-21(11-6-15)14-13-20-8-3-2-4-9-20/h7,12,15-16,22H,2-6,8-11,13-14H2,1H3. The van der Waals surface area contributed by atoms with Gasteiger partial charge in [0.05, 0.1) is 0 Å². The second-order valence-corrected chi connectivity index (χ2v) is 6.92. The molecule has 1 aromatic rings. The van der Waals surface area contributed by atoms with Crippen molar-refractivity contribution in [2.45, 2.75) is 38.2 Å². The first-order valence-corrected chi connectivity index (χ1v) is 8.84. The summed E-state index contributed by atoms with van der Waals surface area (Å²) in [4.78, 5) is 9.48. The van der Waals surface area contributed by atoms with E-state index in [9.17, 15) is 5.11 Å². The summed E-state index contributed by atoms with van der Waals surface area (Å²) < 4.78 is 1.94. The van der Waals surface area contributed by atoms with Gasteiger partial charge in [-0.05, 0) is 57.8 Å². The van der Waals surface area contributed by atoms with Gasteiger partial charge < -0.3 is 19.5 Å². The number of aliphatic hydroxyl groups excluding tert-OH is 1. The molecule has 0 spiro atoms. The lowest BCUT2D eigenvalue weighted by Crippen LogP contribution is -2.42. The third-order valence-corrected chi connectivity index (χ3v) is 5.38. The highest BCUT2D eigenvalue weighted by Gasteiger charge is 2.28. The highest BCUT2D eigenvalue weighted by atomic mass is 16.3. The average molecular weight is 306 g/mol. The van der Waals surface area contributed by atoms with Crippen LogP contribution in [-0.2, 0) is 7.05 Å². The molecule has 2 fully saturated rings. The van der Waals surface area contributed by atoms with Crippen molar-refractivity contribution in [3.63, 3.8) is 0 Å². The lowest BCUT2D eigenvalue weighted by Gasteiger charge is -2.35. The Bertz CT molecular complexity index is 447. The molecule has 0 bridgehead atoms. The number of hydrogen-bond acceptors (Lipinski definition) is 4. The Morgan fingerprint density at radius 3 is 2.32 bits per heavy atom.